The van der Waals surface area contributed by atoms with Crippen LogP contribution in [0.15, 0.2) is 11.6 Å². The monoisotopic (exact) mass is 416 g/mol. The minimum absolute atomic E-state index is 0.131. The number of hydrogen-bond donors (Lipinski definition) is 1. The van der Waals surface area contributed by atoms with Gasteiger partial charge in [-0.2, -0.15) is 0 Å². The molecule has 0 aromatic carbocycles. The van der Waals surface area contributed by atoms with E-state index in [1.165, 1.54) is 37.7 Å². The number of rotatable bonds is 4. The smallest absolute Gasteiger partial charge is 0.168 e. The lowest BCUT2D eigenvalue weighted by atomic mass is 9.47. The fraction of sp³-hybridized carbons (Fsp3) is 0.885. The van der Waals surface area contributed by atoms with E-state index in [2.05, 4.69) is 13.0 Å². The molecule has 4 nitrogen and oxygen atoms in total. The minimum Gasteiger partial charge on any atom is -0.395 e. The van der Waals surface area contributed by atoms with Gasteiger partial charge in [0.1, 0.15) is 5.78 Å². The van der Waals surface area contributed by atoms with Gasteiger partial charge in [-0.25, -0.2) is 0 Å². The fourth-order valence-electron chi connectivity index (χ4n) is 8.44. The Labute approximate surface area is 181 Å². The van der Waals surface area contributed by atoms with Crippen LogP contribution in [-0.4, -0.2) is 36.5 Å². The first-order valence-electron chi connectivity index (χ1n) is 12.5. The number of allylic oxidation sites excluding steroid dienone is 1. The molecular formula is C26H40O4. The van der Waals surface area contributed by atoms with Gasteiger partial charge in [-0.1, -0.05) is 25.0 Å². The second kappa shape index (κ2) is 7.71. The number of carbonyl (C=O) groups excluding carboxylic acids is 1. The zero-order valence-electron chi connectivity index (χ0n) is 19.0. The molecule has 0 saturated heterocycles. The van der Waals surface area contributed by atoms with Gasteiger partial charge in [-0.15, -0.1) is 0 Å². The molecule has 0 unspecified atom stereocenters. The summed E-state index contributed by atoms with van der Waals surface area (Å²) in [5.74, 6) is 1.78. The number of methoxy groups -OCH3 is 1. The van der Waals surface area contributed by atoms with E-state index in [9.17, 15) is 9.90 Å². The molecule has 0 bridgehead atoms. The molecule has 5 aliphatic carbocycles. The Morgan fingerprint density at radius 2 is 1.87 bits per heavy atom. The predicted molar refractivity (Wildman–Crippen MR) is 116 cm³/mol. The molecule has 0 heterocycles. The minimum atomic E-state index is -0.368. The van der Waals surface area contributed by atoms with Gasteiger partial charge in [-0.05, 0) is 74.5 Å². The molecule has 0 radical (unpaired) electrons. The molecule has 0 amide bonds. The maximum absolute atomic E-state index is 12.1. The topological polar surface area (TPSA) is 55.8 Å². The van der Waals surface area contributed by atoms with Crippen molar-refractivity contribution in [3.05, 3.63) is 11.6 Å². The van der Waals surface area contributed by atoms with Crippen molar-refractivity contribution in [1.29, 1.82) is 0 Å². The zero-order valence-corrected chi connectivity index (χ0v) is 19.0. The first kappa shape index (κ1) is 21.2. The summed E-state index contributed by atoms with van der Waals surface area (Å²) in [6, 6.07) is 0. The summed E-state index contributed by atoms with van der Waals surface area (Å²) in [6.07, 6.45) is 16.2. The Kier molecular flexibility index (Phi) is 5.43. The lowest BCUT2D eigenvalue weighted by Gasteiger charge is -2.58. The van der Waals surface area contributed by atoms with E-state index in [0.717, 1.165) is 38.5 Å². The molecular weight excluding hydrogens is 376 g/mol. The van der Waals surface area contributed by atoms with Crippen molar-refractivity contribution in [2.45, 2.75) is 102 Å². The molecule has 5 aliphatic rings. The second-order valence-corrected chi connectivity index (χ2v) is 11.3. The summed E-state index contributed by atoms with van der Waals surface area (Å²) >= 11 is 0. The first-order valence-corrected chi connectivity index (χ1v) is 12.5. The Balaban J connectivity index is 1.39. The van der Waals surface area contributed by atoms with Crippen molar-refractivity contribution in [3.8, 4) is 0 Å². The summed E-state index contributed by atoms with van der Waals surface area (Å²) in [7, 11) is 1.83. The highest BCUT2D eigenvalue weighted by Crippen LogP contribution is 2.65. The normalized spacial score (nSPS) is 45.3. The zero-order chi connectivity index (χ0) is 21.0. The van der Waals surface area contributed by atoms with Crippen LogP contribution in [0.25, 0.3) is 0 Å². The van der Waals surface area contributed by atoms with Crippen molar-refractivity contribution in [2.24, 2.45) is 28.6 Å². The molecule has 5 rings (SSSR count). The number of fused-ring (bicyclic) bond motifs is 5. The standard InChI is InChI=1S/C26H40O4/c1-24-14-11-22-20(7-6-18-16-19(28)10-15-25(18,22)17-27)21(24)8-9-23(24)30-26(29-2)12-4-3-5-13-26/h6,20-23,27H,3-5,7-17H2,1-2H3/t20-,21-,22-,23-,24-,25+/m0/s1. The van der Waals surface area contributed by atoms with E-state index in [1.807, 2.05) is 7.11 Å². The highest BCUT2D eigenvalue weighted by Gasteiger charge is 2.61. The predicted octanol–water partition coefficient (Wildman–Crippen LogP) is 5.18. The van der Waals surface area contributed by atoms with E-state index in [0.29, 0.717) is 36.4 Å². The van der Waals surface area contributed by atoms with E-state index in [-0.39, 0.29) is 29.3 Å². The third-order valence-electron chi connectivity index (χ3n) is 10.2. The number of aliphatic hydroxyl groups excluding tert-OH is 1. The molecule has 4 heteroatoms. The average molecular weight is 417 g/mol. The number of ketones is 1. The number of carbonyl (C=O) groups is 1. The molecule has 0 aliphatic heterocycles. The Morgan fingerprint density at radius 3 is 2.60 bits per heavy atom. The van der Waals surface area contributed by atoms with Crippen LogP contribution in [0.1, 0.15) is 90.4 Å². The highest BCUT2D eigenvalue weighted by atomic mass is 16.7. The van der Waals surface area contributed by atoms with Crippen molar-refractivity contribution in [1.82, 2.24) is 0 Å². The van der Waals surface area contributed by atoms with Crippen LogP contribution in [0.5, 0.6) is 0 Å². The average Bonchev–Trinajstić information content (AvgIpc) is 3.10. The van der Waals surface area contributed by atoms with Crippen LogP contribution < -0.4 is 0 Å². The highest BCUT2D eigenvalue weighted by molar-refractivity contribution is 5.82. The van der Waals surface area contributed by atoms with E-state index in [1.54, 1.807) is 0 Å². The van der Waals surface area contributed by atoms with Gasteiger partial charge in [0.2, 0.25) is 0 Å². The van der Waals surface area contributed by atoms with Gasteiger partial charge in [0.05, 0.1) is 12.7 Å². The molecule has 4 fully saturated rings. The molecule has 0 spiro atoms. The Bertz CT molecular complexity index is 708. The third-order valence-corrected chi connectivity index (χ3v) is 10.2. The summed E-state index contributed by atoms with van der Waals surface area (Å²) in [5.41, 5.74) is 1.34. The molecule has 4 saturated carbocycles. The van der Waals surface area contributed by atoms with Crippen LogP contribution in [0.3, 0.4) is 0 Å². The number of aliphatic hydroxyl groups is 1. The molecule has 30 heavy (non-hydrogen) atoms. The molecule has 6 atom stereocenters. The van der Waals surface area contributed by atoms with Gasteiger partial charge < -0.3 is 14.6 Å². The lowest BCUT2D eigenvalue weighted by molar-refractivity contribution is -0.279. The quantitative estimate of drug-likeness (QED) is 0.507. The van der Waals surface area contributed by atoms with Crippen LogP contribution in [0.2, 0.25) is 0 Å². The van der Waals surface area contributed by atoms with E-state index < -0.39 is 0 Å². The van der Waals surface area contributed by atoms with E-state index >= 15 is 0 Å². The molecule has 0 aromatic rings. The van der Waals surface area contributed by atoms with Gasteiger partial charge in [0, 0.05) is 38.2 Å². The SMILES string of the molecule is COC1(O[C@H]2CC[C@H]3[C@@H]4CC=C5CC(=O)CC[C@]5(CO)[C@H]4CC[C@]23C)CCCCC1. The molecule has 0 aromatic heterocycles. The van der Waals surface area contributed by atoms with Gasteiger partial charge >= 0.3 is 0 Å². The maximum Gasteiger partial charge on any atom is 0.168 e. The number of Topliss-reactive ketones (excluding diaryl/α,β-unsaturated/α-hetero) is 1. The van der Waals surface area contributed by atoms with Gasteiger partial charge in [-0.3, -0.25) is 4.79 Å². The van der Waals surface area contributed by atoms with Gasteiger partial charge in [0.15, 0.2) is 5.79 Å². The van der Waals surface area contributed by atoms with Gasteiger partial charge in [0.25, 0.3) is 0 Å². The first-order chi connectivity index (χ1) is 14.5. The van der Waals surface area contributed by atoms with Crippen LogP contribution in [0.4, 0.5) is 0 Å². The Morgan fingerprint density at radius 1 is 1.07 bits per heavy atom. The van der Waals surface area contributed by atoms with Crippen LogP contribution >= 0.6 is 0 Å². The van der Waals surface area contributed by atoms with Crippen molar-refractivity contribution >= 4 is 5.78 Å². The lowest BCUT2D eigenvalue weighted by Crippen LogP contribution is -2.54. The van der Waals surface area contributed by atoms with Crippen LogP contribution in [-0.2, 0) is 14.3 Å². The summed E-state index contributed by atoms with van der Waals surface area (Å²) in [5, 5.41) is 10.5. The van der Waals surface area contributed by atoms with Crippen molar-refractivity contribution in [2.75, 3.05) is 13.7 Å². The largest absolute Gasteiger partial charge is 0.395 e. The maximum atomic E-state index is 12.1. The third kappa shape index (κ3) is 3.08. The summed E-state index contributed by atoms with van der Waals surface area (Å²) in [4.78, 5) is 12.1. The van der Waals surface area contributed by atoms with E-state index in [4.69, 9.17) is 9.47 Å². The molecule has 168 valence electrons. The van der Waals surface area contributed by atoms with Crippen LogP contribution in [0, 0.1) is 28.6 Å². The summed E-state index contributed by atoms with van der Waals surface area (Å²) in [6.45, 7) is 2.69. The van der Waals surface area contributed by atoms with Crippen molar-refractivity contribution < 1.29 is 19.4 Å². The summed E-state index contributed by atoms with van der Waals surface area (Å²) < 4.78 is 12.9. The van der Waals surface area contributed by atoms with Crippen molar-refractivity contribution in [3.63, 3.8) is 0 Å². The Hall–Kier alpha value is -0.710. The number of ether oxygens (including phenoxy) is 2. The number of hydrogen-bond acceptors (Lipinski definition) is 4. The second-order valence-electron chi connectivity index (χ2n) is 11.3. The fourth-order valence-corrected chi connectivity index (χ4v) is 8.44. The molecule has 1 N–H and O–H groups in total.